The summed E-state index contributed by atoms with van der Waals surface area (Å²) in [5, 5.41) is 9.40. The van der Waals surface area contributed by atoms with Gasteiger partial charge in [-0.15, -0.1) is 0 Å². The molecule has 8 heteroatoms. The van der Waals surface area contributed by atoms with E-state index in [1.54, 1.807) is 29.2 Å². The fourth-order valence-electron chi connectivity index (χ4n) is 2.78. The zero-order valence-electron chi connectivity index (χ0n) is 16.9. The van der Waals surface area contributed by atoms with E-state index in [9.17, 15) is 9.59 Å². The summed E-state index contributed by atoms with van der Waals surface area (Å²) < 4.78 is 10.5. The normalized spacial score (nSPS) is 16.4. The van der Waals surface area contributed by atoms with Crippen molar-refractivity contribution < 1.29 is 24.2 Å². The molecule has 156 valence electrons. The molecule has 1 saturated heterocycles. The molecule has 30 heavy (non-hydrogen) atoms. The molecule has 1 N–H and O–H groups in total. The Labute approximate surface area is 179 Å². The van der Waals surface area contributed by atoms with Gasteiger partial charge in [-0.3, -0.25) is 9.69 Å². The minimum atomic E-state index is -1.07. The third kappa shape index (κ3) is 5.01. The largest absolute Gasteiger partial charge is 0.493 e. The maximum atomic E-state index is 12.8. The van der Waals surface area contributed by atoms with Crippen molar-refractivity contribution in [2.24, 2.45) is 4.99 Å². The van der Waals surface area contributed by atoms with Gasteiger partial charge in [-0.05, 0) is 61.5 Å². The Kier molecular flexibility index (Phi) is 6.79. The third-order valence-corrected chi connectivity index (χ3v) is 5.31. The molecule has 0 saturated carbocycles. The maximum Gasteiger partial charge on any atom is 0.341 e. The molecular formula is C22H22N2O5S. The van der Waals surface area contributed by atoms with Crippen LogP contribution in [-0.2, 0) is 9.59 Å². The number of hydrogen-bond donors (Lipinski definition) is 1. The van der Waals surface area contributed by atoms with Crippen molar-refractivity contribution in [1.82, 2.24) is 4.90 Å². The number of carbonyl (C=O) groups excluding carboxylic acids is 1. The number of likely N-dealkylation sites (N-methyl/N-ethyl adjacent to an activating group) is 1. The van der Waals surface area contributed by atoms with Crippen molar-refractivity contribution in [3.8, 4) is 11.5 Å². The number of nitrogens with zero attached hydrogens (tertiary/aromatic N) is 2. The molecule has 0 radical (unpaired) electrons. The molecular weight excluding hydrogens is 404 g/mol. The molecule has 1 aliphatic rings. The average Bonchev–Trinajstić information content (AvgIpc) is 3.02. The number of thioether (sulfide) groups is 1. The highest BCUT2D eigenvalue weighted by Gasteiger charge is 2.32. The standard InChI is InChI=1S/C22H22N2O5S/c1-4-24-21(27)19(30-22(24)23-16-8-5-14(2)6-9-16)12-15-7-10-17(18(11-15)28-3)29-13-20(25)26/h5-12H,4,13H2,1-3H3,(H,25,26)/b19-12+,23-22?. The molecule has 7 nitrogen and oxygen atoms in total. The van der Waals surface area contributed by atoms with Gasteiger partial charge in [0.2, 0.25) is 0 Å². The molecule has 1 amide bonds. The SMILES string of the molecule is CCN1C(=O)/C(=C\c2ccc(OCC(=O)O)c(OC)c2)SC1=Nc1ccc(C)cc1. The number of carboxylic acids is 1. The first-order valence-electron chi connectivity index (χ1n) is 9.30. The Bertz CT molecular complexity index is 1010. The summed E-state index contributed by atoms with van der Waals surface area (Å²) in [6.07, 6.45) is 1.76. The number of hydrogen-bond acceptors (Lipinski definition) is 6. The van der Waals surface area contributed by atoms with Crippen LogP contribution >= 0.6 is 11.8 Å². The second kappa shape index (κ2) is 9.49. The lowest BCUT2D eigenvalue weighted by Crippen LogP contribution is -2.28. The van der Waals surface area contributed by atoms with Gasteiger partial charge in [0.15, 0.2) is 23.3 Å². The Morgan fingerprint density at radius 1 is 1.20 bits per heavy atom. The number of benzene rings is 2. The van der Waals surface area contributed by atoms with E-state index in [2.05, 4.69) is 4.99 Å². The summed E-state index contributed by atoms with van der Waals surface area (Å²) in [5.41, 5.74) is 2.67. The van der Waals surface area contributed by atoms with Gasteiger partial charge >= 0.3 is 5.97 Å². The molecule has 0 aromatic heterocycles. The lowest BCUT2D eigenvalue weighted by atomic mass is 10.2. The smallest absolute Gasteiger partial charge is 0.341 e. The number of rotatable bonds is 7. The second-order valence-electron chi connectivity index (χ2n) is 6.48. The number of amidine groups is 1. The van der Waals surface area contributed by atoms with Gasteiger partial charge in [-0.1, -0.05) is 23.8 Å². The molecule has 1 aliphatic heterocycles. The minimum absolute atomic E-state index is 0.112. The predicted octanol–water partition coefficient (Wildman–Crippen LogP) is 4.09. The number of methoxy groups -OCH3 is 1. The Hall–Kier alpha value is -3.26. The van der Waals surface area contributed by atoms with Gasteiger partial charge in [-0.25, -0.2) is 9.79 Å². The number of aliphatic imine (C=N–C) groups is 1. The van der Waals surface area contributed by atoms with Crippen LogP contribution in [0, 0.1) is 6.92 Å². The molecule has 0 aliphatic carbocycles. The molecule has 1 heterocycles. The quantitative estimate of drug-likeness (QED) is 0.671. The zero-order valence-corrected chi connectivity index (χ0v) is 17.7. The number of carboxylic acid groups (broad SMARTS) is 1. The van der Waals surface area contributed by atoms with Crippen molar-refractivity contribution >= 4 is 40.6 Å². The zero-order chi connectivity index (χ0) is 21.7. The lowest BCUT2D eigenvalue weighted by Gasteiger charge is -2.12. The maximum absolute atomic E-state index is 12.8. The molecule has 0 atom stereocenters. The molecule has 1 fully saturated rings. The molecule has 2 aromatic carbocycles. The van der Waals surface area contributed by atoms with E-state index >= 15 is 0 Å². The summed E-state index contributed by atoms with van der Waals surface area (Å²) in [7, 11) is 1.47. The Morgan fingerprint density at radius 3 is 2.57 bits per heavy atom. The van der Waals surface area contributed by atoms with E-state index in [0.29, 0.717) is 28.1 Å². The average molecular weight is 426 g/mol. The fraction of sp³-hybridized carbons (Fsp3) is 0.227. The van der Waals surface area contributed by atoms with E-state index in [-0.39, 0.29) is 5.91 Å². The highest BCUT2D eigenvalue weighted by atomic mass is 32.2. The van der Waals surface area contributed by atoms with Gasteiger partial charge in [0.25, 0.3) is 5.91 Å². The van der Waals surface area contributed by atoms with Gasteiger partial charge in [0.05, 0.1) is 17.7 Å². The molecule has 0 unspecified atom stereocenters. The van der Waals surface area contributed by atoms with Crippen LogP contribution < -0.4 is 9.47 Å². The molecule has 0 spiro atoms. The van der Waals surface area contributed by atoms with Crippen molar-refractivity contribution in [2.45, 2.75) is 13.8 Å². The van der Waals surface area contributed by atoms with Gasteiger partial charge in [0.1, 0.15) is 0 Å². The van der Waals surface area contributed by atoms with E-state index in [4.69, 9.17) is 14.6 Å². The summed E-state index contributed by atoms with van der Waals surface area (Å²) in [6.45, 7) is 3.97. The third-order valence-electron chi connectivity index (χ3n) is 4.30. The Morgan fingerprint density at radius 2 is 1.93 bits per heavy atom. The summed E-state index contributed by atoms with van der Waals surface area (Å²) >= 11 is 1.31. The first-order chi connectivity index (χ1) is 14.4. The van der Waals surface area contributed by atoms with E-state index in [1.807, 2.05) is 38.1 Å². The van der Waals surface area contributed by atoms with E-state index < -0.39 is 12.6 Å². The topological polar surface area (TPSA) is 88.4 Å². The Balaban J connectivity index is 1.87. The van der Waals surface area contributed by atoms with Crippen LogP contribution in [0.2, 0.25) is 0 Å². The highest BCUT2D eigenvalue weighted by molar-refractivity contribution is 8.18. The number of aryl methyl sites for hydroxylation is 1. The number of ether oxygens (including phenoxy) is 2. The van der Waals surface area contributed by atoms with E-state index in [0.717, 1.165) is 16.8 Å². The van der Waals surface area contributed by atoms with Gasteiger partial charge in [0, 0.05) is 6.54 Å². The predicted molar refractivity (Wildman–Crippen MR) is 117 cm³/mol. The summed E-state index contributed by atoms with van der Waals surface area (Å²) in [5.74, 6) is -0.471. The molecule has 2 aromatic rings. The monoisotopic (exact) mass is 426 g/mol. The van der Waals surface area contributed by atoms with Gasteiger partial charge < -0.3 is 14.6 Å². The second-order valence-corrected chi connectivity index (χ2v) is 7.49. The first kappa shape index (κ1) is 21.4. The fourth-order valence-corrected chi connectivity index (χ4v) is 3.85. The van der Waals surface area contributed by atoms with Crippen molar-refractivity contribution in [3.63, 3.8) is 0 Å². The molecule has 0 bridgehead atoms. The van der Waals surface area contributed by atoms with Crippen LogP contribution in [0.5, 0.6) is 11.5 Å². The van der Waals surface area contributed by atoms with Crippen LogP contribution in [0.3, 0.4) is 0 Å². The van der Waals surface area contributed by atoms with Crippen LogP contribution in [0.25, 0.3) is 6.08 Å². The van der Waals surface area contributed by atoms with Crippen LogP contribution in [0.1, 0.15) is 18.1 Å². The van der Waals surface area contributed by atoms with Crippen LogP contribution in [-0.4, -0.2) is 47.3 Å². The van der Waals surface area contributed by atoms with Gasteiger partial charge in [-0.2, -0.15) is 0 Å². The van der Waals surface area contributed by atoms with Crippen molar-refractivity contribution in [3.05, 3.63) is 58.5 Å². The highest BCUT2D eigenvalue weighted by Crippen LogP contribution is 2.35. The number of amides is 1. The first-order valence-corrected chi connectivity index (χ1v) is 10.1. The summed E-state index contributed by atoms with van der Waals surface area (Å²) in [4.78, 5) is 30.3. The summed E-state index contributed by atoms with van der Waals surface area (Å²) in [6, 6.07) is 12.9. The minimum Gasteiger partial charge on any atom is -0.493 e. The van der Waals surface area contributed by atoms with Crippen molar-refractivity contribution in [2.75, 3.05) is 20.3 Å². The van der Waals surface area contributed by atoms with E-state index in [1.165, 1.54) is 18.9 Å². The van der Waals surface area contributed by atoms with Crippen LogP contribution in [0.15, 0.2) is 52.4 Å². The molecule has 3 rings (SSSR count). The number of carbonyl (C=O) groups is 2. The van der Waals surface area contributed by atoms with Crippen LogP contribution in [0.4, 0.5) is 5.69 Å². The van der Waals surface area contributed by atoms with Crippen molar-refractivity contribution in [1.29, 1.82) is 0 Å². The number of aliphatic carboxylic acids is 1. The lowest BCUT2D eigenvalue weighted by molar-refractivity contribution is -0.139.